The summed E-state index contributed by atoms with van der Waals surface area (Å²) in [7, 11) is 0. The Kier molecular flexibility index (Phi) is 3.27. The molecule has 1 aliphatic carbocycles. The molecule has 3 atom stereocenters. The van der Waals surface area contributed by atoms with Crippen LogP contribution in [-0.4, -0.2) is 16.0 Å². The maximum atomic E-state index is 11.1. The van der Waals surface area contributed by atoms with Gasteiger partial charge in [0.2, 0.25) is 0 Å². The van der Waals surface area contributed by atoms with E-state index < -0.39 is 0 Å². The Morgan fingerprint density at radius 2 is 2.25 bits per heavy atom. The fourth-order valence-electron chi connectivity index (χ4n) is 2.52. The maximum Gasteiger partial charge on any atom is 0.252 e. The van der Waals surface area contributed by atoms with Crippen LogP contribution in [0.25, 0.3) is 0 Å². The minimum atomic E-state index is -0.102. The van der Waals surface area contributed by atoms with E-state index in [0.29, 0.717) is 17.8 Å². The van der Waals surface area contributed by atoms with Crippen molar-refractivity contribution >= 4 is 5.82 Å². The molecule has 16 heavy (non-hydrogen) atoms. The summed E-state index contributed by atoms with van der Waals surface area (Å²) in [5.74, 6) is 2.15. The molecule has 1 aliphatic rings. The molecule has 0 aliphatic heterocycles. The van der Waals surface area contributed by atoms with Gasteiger partial charge in [0.15, 0.2) is 0 Å². The molecule has 0 aromatic carbocycles. The number of anilines is 1. The highest BCUT2D eigenvalue weighted by Crippen LogP contribution is 2.30. The van der Waals surface area contributed by atoms with Crippen molar-refractivity contribution in [1.29, 1.82) is 0 Å². The number of aromatic nitrogens is 2. The Morgan fingerprint density at radius 3 is 2.94 bits per heavy atom. The summed E-state index contributed by atoms with van der Waals surface area (Å²) < 4.78 is 0. The van der Waals surface area contributed by atoms with Crippen molar-refractivity contribution < 1.29 is 0 Å². The summed E-state index contributed by atoms with van der Waals surface area (Å²) in [5, 5.41) is 3.36. The summed E-state index contributed by atoms with van der Waals surface area (Å²) in [4.78, 5) is 17.8. The summed E-state index contributed by atoms with van der Waals surface area (Å²) in [6.07, 6.45) is 5.11. The molecule has 2 N–H and O–H groups in total. The average Bonchev–Trinajstić information content (AvgIpc) is 2.22. The fraction of sp³-hybridized carbons (Fsp3) is 0.667. The first kappa shape index (κ1) is 11.2. The number of hydrogen-bond acceptors (Lipinski definition) is 3. The van der Waals surface area contributed by atoms with Crippen molar-refractivity contribution in [2.45, 2.75) is 39.2 Å². The number of nitrogens with one attached hydrogen (secondary N) is 2. The highest BCUT2D eigenvalue weighted by molar-refractivity contribution is 5.33. The Hall–Kier alpha value is -1.32. The standard InChI is InChI=1S/C12H19N3O/c1-8-3-4-10(9(2)5-8)15-11-6-12(16)14-7-13-11/h6-10H,3-5H2,1-2H3,(H2,13,14,15,16). The number of H-pyrrole nitrogens is 1. The lowest BCUT2D eigenvalue weighted by molar-refractivity contribution is 0.276. The Balaban J connectivity index is 2.02. The molecule has 3 unspecified atom stereocenters. The number of aromatic amines is 1. The summed E-state index contributed by atoms with van der Waals surface area (Å²) in [6, 6.07) is 1.97. The zero-order valence-electron chi connectivity index (χ0n) is 9.86. The molecule has 4 heteroatoms. The molecule has 1 heterocycles. The third kappa shape index (κ3) is 2.62. The third-order valence-corrected chi connectivity index (χ3v) is 3.44. The van der Waals surface area contributed by atoms with Gasteiger partial charge in [0.25, 0.3) is 5.56 Å². The molecular weight excluding hydrogens is 202 g/mol. The predicted molar refractivity (Wildman–Crippen MR) is 64.4 cm³/mol. The second-order valence-electron chi connectivity index (χ2n) is 4.94. The van der Waals surface area contributed by atoms with Gasteiger partial charge < -0.3 is 10.3 Å². The van der Waals surface area contributed by atoms with Crippen molar-refractivity contribution in [3.8, 4) is 0 Å². The van der Waals surface area contributed by atoms with Crippen LogP contribution in [0.15, 0.2) is 17.2 Å². The molecule has 1 saturated carbocycles. The topological polar surface area (TPSA) is 57.8 Å². The normalized spacial score (nSPS) is 30.0. The van der Waals surface area contributed by atoms with Gasteiger partial charge in [0.1, 0.15) is 5.82 Å². The van der Waals surface area contributed by atoms with Crippen molar-refractivity contribution in [1.82, 2.24) is 9.97 Å². The molecule has 1 fully saturated rings. The van der Waals surface area contributed by atoms with Gasteiger partial charge in [-0.15, -0.1) is 0 Å². The van der Waals surface area contributed by atoms with E-state index in [-0.39, 0.29) is 5.56 Å². The van der Waals surface area contributed by atoms with E-state index in [1.54, 1.807) is 0 Å². The van der Waals surface area contributed by atoms with E-state index in [9.17, 15) is 4.79 Å². The van der Waals surface area contributed by atoms with Crippen LogP contribution in [-0.2, 0) is 0 Å². The molecule has 0 radical (unpaired) electrons. The Bertz CT molecular complexity index is 401. The van der Waals surface area contributed by atoms with E-state index in [1.165, 1.54) is 25.2 Å². The van der Waals surface area contributed by atoms with Gasteiger partial charge in [0, 0.05) is 12.1 Å². The maximum absolute atomic E-state index is 11.1. The quantitative estimate of drug-likeness (QED) is 0.803. The van der Waals surface area contributed by atoms with Crippen LogP contribution in [0, 0.1) is 11.8 Å². The number of hydrogen-bond donors (Lipinski definition) is 2. The van der Waals surface area contributed by atoms with Gasteiger partial charge in [0.05, 0.1) is 6.33 Å². The molecule has 2 rings (SSSR count). The molecule has 0 bridgehead atoms. The zero-order chi connectivity index (χ0) is 11.5. The van der Waals surface area contributed by atoms with Crippen LogP contribution in [0.2, 0.25) is 0 Å². The van der Waals surface area contributed by atoms with Crippen LogP contribution in [0.1, 0.15) is 33.1 Å². The minimum absolute atomic E-state index is 0.102. The van der Waals surface area contributed by atoms with Gasteiger partial charge in [-0.05, 0) is 31.1 Å². The molecule has 88 valence electrons. The van der Waals surface area contributed by atoms with Crippen LogP contribution in [0.3, 0.4) is 0 Å². The smallest absolute Gasteiger partial charge is 0.252 e. The molecule has 4 nitrogen and oxygen atoms in total. The van der Waals surface area contributed by atoms with Crippen LogP contribution in [0.5, 0.6) is 0 Å². The molecule has 1 aromatic rings. The predicted octanol–water partition coefficient (Wildman–Crippen LogP) is 2.01. The van der Waals surface area contributed by atoms with Crippen molar-refractivity contribution in [2.75, 3.05) is 5.32 Å². The molecule has 0 saturated heterocycles. The van der Waals surface area contributed by atoms with E-state index in [1.807, 2.05) is 0 Å². The summed E-state index contributed by atoms with van der Waals surface area (Å²) in [5.41, 5.74) is -0.102. The fourth-order valence-corrected chi connectivity index (χ4v) is 2.52. The number of rotatable bonds is 2. The van der Waals surface area contributed by atoms with Gasteiger partial charge in [-0.3, -0.25) is 4.79 Å². The van der Waals surface area contributed by atoms with Crippen LogP contribution >= 0.6 is 0 Å². The minimum Gasteiger partial charge on any atom is -0.367 e. The largest absolute Gasteiger partial charge is 0.367 e. The van der Waals surface area contributed by atoms with E-state index in [0.717, 1.165) is 12.3 Å². The summed E-state index contributed by atoms with van der Waals surface area (Å²) >= 11 is 0. The second-order valence-corrected chi connectivity index (χ2v) is 4.94. The van der Waals surface area contributed by atoms with Gasteiger partial charge in [-0.25, -0.2) is 4.98 Å². The molecular formula is C12H19N3O. The van der Waals surface area contributed by atoms with E-state index in [2.05, 4.69) is 29.1 Å². The van der Waals surface area contributed by atoms with Gasteiger partial charge >= 0.3 is 0 Å². The molecule has 0 spiro atoms. The van der Waals surface area contributed by atoms with E-state index >= 15 is 0 Å². The average molecular weight is 221 g/mol. The van der Waals surface area contributed by atoms with Crippen molar-refractivity contribution in [3.63, 3.8) is 0 Å². The highest BCUT2D eigenvalue weighted by Gasteiger charge is 2.25. The SMILES string of the molecule is CC1CCC(Nc2cc(=O)[nH]cn2)C(C)C1. The lowest BCUT2D eigenvalue weighted by Crippen LogP contribution is -2.33. The van der Waals surface area contributed by atoms with Crippen LogP contribution < -0.4 is 10.9 Å². The first-order valence-electron chi connectivity index (χ1n) is 5.96. The first-order valence-corrected chi connectivity index (χ1v) is 5.96. The Morgan fingerprint density at radius 1 is 1.44 bits per heavy atom. The zero-order valence-corrected chi connectivity index (χ0v) is 9.86. The van der Waals surface area contributed by atoms with E-state index in [4.69, 9.17) is 0 Å². The molecule has 1 aromatic heterocycles. The van der Waals surface area contributed by atoms with Crippen molar-refractivity contribution in [2.24, 2.45) is 11.8 Å². The summed E-state index contributed by atoms with van der Waals surface area (Å²) in [6.45, 7) is 4.57. The first-order chi connectivity index (χ1) is 7.65. The third-order valence-electron chi connectivity index (χ3n) is 3.44. The lowest BCUT2D eigenvalue weighted by atomic mass is 9.80. The van der Waals surface area contributed by atoms with Crippen LogP contribution in [0.4, 0.5) is 5.82 Å². The highest BCUT2D eigenvalue weighted by atomic mass is 16.1. The van der Waals surface area contributed by atoms with Gasteiger partial charge in [-0.2, -0.15) is 0 Å². The lowest BCUT2D eigenvalue weighted by Gasteiger charge is -2.33. The number of nitrogens with zero attached hydrogens (tertiary/aromatic N) is 1. The second kappa shape index (κ2) is 4.68. The Labute approximate surface area is 95.5 Å². The van der Waals surface area contributed by atoms with Gasteiger partial charge in [-0.1, -0.05) is 13.8 Å². The molecule has 0 amide bonds. The van der Waals surface area contributed by atoms with Crippen molar-refractivity contribution in [3.05, 3.63) is 22.7 Å². The monoisotopic (exact) mass is 221 g/mol.